The van der Waals surface area contributed by atoms with E-state index in [1.54, 1.807) is 12.1 Å². The molecule has 2 rings (SSSR count). The number of hydrogen-bond acceptors (Lipinski definition) is 2. The van der Waals surface area contributed by atoms with E-state index in [0.717, 1.165) is 6.29 Å². The van der Waals surface area contributed by atoms with Gasteiger partial charge in [0.05, 0.1) is 8.49 Å². The Morgan fingerprint density at radius 1 is 1.46 bits per heavy atom. The fraction of sp³-hybridized carbons (Fsp3) is 0. The highest BCUT2D eigenvalue weighted by atomic mass is 79.9. The molecule has 0 atom stereocenters. The van der Waals surface area contributed by atoms with Crippen molar-refractivity contribution in [3.05, 3.63) is 33.4 Å². The molecular weight excluding hydrogens is 255 g/mol. The lowest BCUT2D eigenvalue weighted by Crippen LogP contribution is -1.77. The number of aldehydes is 1. The smallest absolute Gasteiger partial charge is 0.152 e. The summed E-state index contributed by atoms with van der Waals surface area (Å²) in [5.74, 6) is -0.281. The SMILES string of the molecule is O=Cc1c(Br)sc2c(F)cccc12. The monoisotopic (exact) mass is 258 g/mol. The predicted octanol–water partition coefficient (Wildman–Crippen LogP) is 3.62. The molecule has 2 aromatic rings. The third-order valence-corrected chi connectivity index (χ3v) is 3.71. The molecule has 4 heteroatoms. The molecule has 0 bridgehead atoms. The number of carbonyl (C=O) groups is 1. The van der Waals surface area contributed by atoms with E-state index in [1.807, 2.05) is 0 Å². The average Bonchev–Trinajstić information content (AvgIpc) is 2.43. The Hall–Kier alpha value is -0.740. The molecule has 0 saturated carbocycles. The van der Waals surface area contributed by atoms with Crippen LogP contribution in [-0.4, -0.2) is 6.29 Å². The van der Waals surface area contributed by atoms with Gasteiger partial charge in [-0.25, -0.2) is 4.39 Å². The fourth-order valence-corrected chi connectivity index (χ4v) is 2.88. The molecule has 1 nitrogen and oxygen atoms in total. The Bertz CT molecular complexity index is 478. The zero-order chi connectivity index (χ0) is 9.42. The van der Waals surface area contributed by atoms with Crippen molar-refractivity contribution in [1.82, 2.24) is 0 Å². The molecule has 0 N–H and O–H groups in total. The van der Waals surface area contributed by atoms with Crippen molar-refractivity contribution in [3.8, 4) is 0 Å². The minimum atomic E-state index is -0.281. The van der Waals surface area contributed by atoms with Crippen molar-refractivity contribution in [2.24, 2.45) is 0 Å². The number of thiophene rings is 1. The van der Waals surface area contributed by atoms with Gasteiger partial charge >= 0.3 is 0 Å². The summed E-state index contributed by atoms with van der Waals surface area (Å²) >= 11 is 4.46. The average molecular weight is 259 g/mol. The van der Waals surface area contributed by atoms with Crippen LogP contribution in [0.1, 0.15) is 10.4 Å². The predicted molar refractivity (Wildman–Crippen MR) is 54.9 cm³/mol. The first-order chi connectivity index (χ1) is 6.24. The van der Waals surface area contributed by atoms with Gasteiger partial charge in [-0.05, 0) is 22.0 Å². The van der Waals surface area contributed by atoms with E-state index in [2.05, 4.69) is 15.9 Å². The first-order valence-electron chi connectivity index (χ1n) is 3.55. The summed E-state index contributed by atoms with van der Waals surface area (Å²) in [5.41, 5.74) is 0.527. The highest BCUT2D eigenvalue weighted by molar-refractivity contribution is 9.11. The summed E-state index contributed by atoms with van der Waals surface area (Å²) in [6.07, 6.45) is 0.738. The van der Waals surface area contributed by atoms with Gasteiger partial charge in [0, 0.05) is 10.9 Å². The molecule has 0 saturated heterocycles. The summed E-state index contributed by atoms with van der Waals surface area (Å²) in [6, 6.07) is 4.73. The molecule has 1 heterocycles. The third-order valence-electron chi connectivity index (χ3n) is 1.78. The van der Waals surface area contributed by atoms with Crippen LogP contribution in [0.5, 0.6) is 0 Å². The van der Waals surface area contributed by atoms with Crippen LogP contribution < -0.4 is 0 Å². The minimum absolute atomic E-state index is 0.281. The van der Waals surface area contributed by atoms with Gasteiger partial charge in [-0.3, -0.25) is 4.79 Å². The Balaban J connectivity index is 2.93. The first-order valence-corrected chi connectivity index (χ1v) is 5.16. The molecule has 0 aliphatic heterocycles. The van der Waals surface area contributed by atoms with Crippen LogP contribution >= 0.6 is 27.3 Å². The standard InChI is InChI=1S/C9H4BrFOS/c10-9-6(4-12)5-2-1-3-7(11)8(5)13-9/h1-4H. The Kier molecular flexibility index (Phi) is 2.17. The summed E-state index contributed by atoms with van der Waals surface area (Å²) < 4.78 is 14.4. The molecule has 0 aliphatic carbocycles. The maximum absolute atomic E-state index is 13.2. The van der Waals surface area contributed by atoms with Crippen molar-refractivity contribution in [3.63, 3.8) is 0 Å². The highest BCUT2D eigenvalue weighted by Gasteiger charge is 2.11. The number of fused-ring (bicyclic) bond motifs is 1. The molecule has 0 unspecified atom stereocenters. The molecule has 1 aromatic carbocycles. The van der Waals surface area contributed by atoms with E-state index in [4.69, 9.17) is 0 Å². The molecule has 0 radical (unpaired) electrons. The fourth-order valence-electron chi connectivity index (χ4n) is 1.18. The van der Waals surface area contributed by atoms with Gasteiger partial charge in [-0.2, -0.15) is 0 Å². The lowest BCUT2D eigenvalue weighted by atomic mass is 10.2. The van der Waals surface area contributed by atoms with E-state index in [0.29, 0.717) is 19.4 Å². The van der Waals surface area contributed by atoms with Crippen LogP contribution in [0.3, 0.4) is 0 Å². The number of rotatable bonds is 1. The lowest BCUT2D eigenvalue weighted by molar-refractivity contribution is 0.112. The van der Waals surface area contributed by atoms with Gasteiger partial charge in [0.2, 0.25) is 0 Å². The molecule has 0 aliphatic rings. The Labute approximate surface area is 86.3 Å². The third kappa shape index (κ3) is 1.30. The van der Waals surface area contributed by atoms with Gasteiger partial charge in [0.25, 0.3) is 0 Å². The summed E-state index contributed by atoms with van der Waals surface area (Å²) in [7, 11) is 0. The molecular formula is C9H4BrFOS. The van der Waals surface area contributed by atoms with E-state index in [1.165, 1.54) is 17.4 Å². The summed E-state index contributed by atoms with van der Waals surface area (Å²) in [6.45, 7) is 0. The summed E-state index contributed by atoms with van der Waals surface area (Å²) in [5, 5.41) is 0.673. The quantitative estimate of drug-likeness (QED) is 0.715. The number of carbonyl (C=O) groups excluding carboxylic acids is 1. The zero-order valence-corrected chi connectivity index (χ0v) is 8.78. The van der Waals surface area contributed by atoms with Crippen molar-refractivity contribution < 1.29 is 9.18 Å². The van der Waals surface area contributed by atoms with Crippen LogP contribution in [0.15, 0.2) is 22.0 Å². The van der Waals surface area contributed by atoms with Gasteiger partial charge in [0.15, 0.2) is 6.29 Å². The van der Waals surface area contributed by atoms with Crippen LogP contribution in [0.4, 0.5) is 4.39 Å². The van der Waals surface area contributed by atoms with Gasteiger partial charge in [0.1, 0.15) is 5.82 Å². The molecule has 0 fully saturated rings. The summed E-state index contributed by atoms with van der Waals surface area (Å²) in [4.78, 5) is 10.7. The molecule has 0 spiro atoms. The second-order valence-electron chi connectivity index (χ2n) is 2.52. The number of hydrogen-bond donors (Lipinski definition) is 0. The lowest BCUT2D eigenvalue weighted by Gasteiger charge is -1.90. The Morgan fingerprint density at radius 2 is 2.23 bits per heavy atom. The van der Waals surface area contributed by atoms with E-state index in [9.17, 15) is 9.18 Å². The maximum Gasteiger partial charge on any atom is 0.152 e. The topological polar surface area (TPSA) is 17.1 Å². The largest absolute Gasteiger partial charge is 0.298 e. The molecule has 66 valence electrons. The van der Waals surface area contributed by atoms with Crippen LogP contribution in [0.25, 0.3) is 10.1 Å². The maximum atomic E-state index is 13.2. The zero-order valence-electron chi connectivity index (χ0n) is 6.38. The van der Waals surface area contributed by atoms with Crippen molar-refractivity contribution in [2.45, 2.75) is 0 Å². The minimum Gasteiger partial charge on any atom is -0.298 e. The first kappa shape index (κ1) is 8.84. The normalized spacial score (nSPS) is 10.6. The van der Waals surface area contributed by atoms with E-state index in [-0.39, 0.29) is 5.82 Å². The highest BCUT2D eigenvalue weighted by Crippen LogP contribution is 2.35. The second kappa shape index (κ2) is 3.20. The van der Waals surface area contributed by atoms with Crippen LogP contribution in [0, 0.1) is 5.82 Å². The van der Waals surface area contributed by atoms with Gasteiger partial charge < -0.3 is 0 Å². The van der Waals surface area contributed by atoms with E-state index >= 15 is 0 Å². The Morgan fingerprint density at radius 3 is 2.92 bits per heavy atom. The van der Waals surface area contributed by atoms with Gasteiger partial charge in [-0.15, -0.1) is 11.3 Å². The van der Waals surface area contributed by atoms with Crippen LogP contribution in [-0.2, 0) is 0 Å². The number of halogens is 2. The van der Waals surface area contributed by atoms with Crippen molar-refractivity contribution >= 4 is 43.6 Å². The van der Waals surface area contributed by atoms with E-state index < -0.39 is 0 Å². The second-order valence-corrected chi connectivity index (χ2v) is 4.86. The van der Waals surface area contributed by atoms with Crippen LogP contribution in [0.2, 0.25) is 0 Å². The van der Waals surface area contributed by atoms with Crippen molar-refractivity contribution in [1.29, 1.82) is 0 Å². The molecule has 13 heavy (non-hydrogen) atoms. The van der Waals surface area contributed by atoms with Crippen molar-refractivity contribution in [2.75, 3.05) is 0 Å². The van der Waals surface area contributed by atoms with Gasteiger partial charge in [-0.1, -0.05) is 12.1 Å². The molecule has 1 aromatic heterocycles. The molecule has 0 amide bonds. The number of benzene rings is 1.